The average molecular weight is 418 g/mol. The summed E-state index contributed by atoms with van der Waals surface area (Å²) in [5.74, 6) is 0.614. The molecule has 0 amide bonds. The molecule has 7 heteroatoms. The highest BCUT2D eigenvalue weighted by Crippen LogP contribution is 2.37. The average Bonchev–Trinajstić information content (AvgIpc) is 2.72. The molecule has 4 nitrogen and oxygen atoms in total. The van der Waals surface area contributed by atoms with E-state index in [-0.39, 0.29) is 25.2 Å². The van der Waals surface area contributed by atoms with Crippen LogP contribution in [0.4, 0.5) is 13.2 Å². The summed E-state index contributed by atoms with van der Waals surface area (Å²) in [4.78, 5) is 0. The van der Waals surface area contributed by atoms with Crippen molar-refractivity contribution in [3.63, 3.8) is 0 Å². The molecule has 0 atom stereocenters. The monoisotopic (exact) mass is 417 g/mol. The lowest BCUT2D eigenvalue weighted by Gasteiger charge is -2.24. The molecule has 1 aromatic carbocycles. The molecule has 0 saturated heterocycles. The Hall–Kier alpha value is -1.31. The molecular formula is C22H34F3NO3. The Labute approximate surface area is 171 Å². The van der Waals surface area contributed by atoms with E-state index in [2.05, 4.69) is 0 Å². The van der Waals surface area contributed by atoms with Crippen molar-refractivity contribution < 1.29 is 28.1 Å². The van der Waals surface area contributed by atoms with E-state index in [0.29, 0.717) is 5.56 Å². The highest BCUT2D eigenvalue weighted by atomic mass is 19.4. The highest BCUT2D eigenvalue weighted by Gasteiger charge is 2.35. The molecule has 1 saturated carbocycles. The number of ether oxygens (including phenoxy) is 1. The minimum Gasteiger partial charge on any atom is -0.493 e. The molecule has 1 aliphatic rings. The van der Waals surface area contributed by atoms with E-state index >= 15 is 0 Å². The Morgan fingerprint density at radius 1 is 1.03 bits per heavy atom. The number of hydrogen-bond acceptors (Lipinski definition) is 4. The quantitative estimate of drug-likeness (QED) is 0.465. The summed E-state index contributed by atoms with van der Waals surface area (Å²) in [6.07, 6.45) is 5.21. The molecular weight excluding hydrogens is 383 g/mol. The van der Waals surface area contributed by atoms with E-state index in [4.69, 9.17) is 10.5 Å². The summed E-state index contributed by atoms with van der Waals surface area (Å²) >= 11 is 0. The van der Waals surface area contributed by atoms with Gasteiger partial charge < -0.3 is 20.7 Å². The minimum atomic E-state index is -4.51. The van der Waals surface area contributed by atoms with E-state index in [1.807, 2.05) is 0 Å². The molecule has 29 heavy (non-hydrogen) atoms. The van der Waals surface area contributed by atoms with Crippen molar-refractivity contribution in [2.45, 2.75) is 75.9 Å². The second kappa shape index (κ2) is 11.2. The Morgan fingerprint density at radius 3 is 2.34 bits per heavy atom. The summed E-state index contributed by atoms with van der Waals surface area (Å²) in [5.41, 5.74) is 4.25. The number of halogens is 3. The van der Waals surface area contributed by atoms with Gasteiger partial charge >= 0.3 is 6.18 Å². The number of nitrogens with two attached hydrogens (primary N) is 1. The largest absolute Gasteiger partial charge is 0.493 e. The fourth-order valence-electron chi connectivity index (χ4n) is 3.87. The molecule has 166 valence electrons. The Kier molecular flexibility index (Phi) is 9.24. The van der Waals surface area contributed by atoms with Crippen molar-refractivity contribution in [2.24, 2.45) is 11.7 Å². The smallest absolute Gasteiger partial charge is 0.419 e. The summed E-state index contributed by atoms with van der Waals surface area (Å²) in [5, 5.41) is 18.5. The summed E-state index contributed by atoms with van der Waals surface area (Å²) in [6.45, 7) is -0.592. The molecule has 0 spiro atoms. The van der Waals surface area contributed by atoms with E-state index in [1.54, 1.807) is 6.07 Å². The fourth-order valence-corrected chi connectivity index (χ4v) is 3.87. The van der Waals surface area contributed by atoms with Crippen molar-refractivity contribution in [3.05, 3.63) is 29.3 Å². The van der Waals surface area contributed by atoms with Gasteiger partial charge in [0.05, 0.1) is 30.9 Å². The van der Waals surface area contributed by atoms with Crippen LogP contribution in [0.3, 0.4) is 0 Å². The second-order valence-electron chi connectivity index (χ2n) is 8.36. The Balaban J connectivity index is 1.89. The van der Waals surface area contributed by atoms with Gasteiger partial charge in [-0.3, -0.25) is 0 Å². The zero-order chi connectivity index (χ0) is 21.3. The van der Waals surface area contributed by atoms with Crippen molar-refractivity contribution in [3.8, 4) is 5.75 Å². The van der Waals surface area contributed by atoms with Crippen LogP contribution in [0.1, 0.15) is 68.9 Å². The van der Waals surface area contributed by atoms with E-state index in [1.165, 1.54) is 38.2 Å². The molecule has 1 aromatic rings. The zero-order valence-electron chi connectivity index (χ0n) is 17.0. The first-order valence-electron chi connectivity index (χ1n) is 10.6. The first-order chi connectivity index (χ1) is 13.8. The SMILES string of the molecule is NC(CO)(CO)CCc1ccc(OCCCCC2CCCCC2)c(C(F)(F)F)c1. The van der Waals surface area contributed by atoms with Crippen LogP contribution in [0.5, 0.6) is 5.75 Å². The standard InChI is InChI=1S/C22H34F3NO3/c23-22(24,25)19-14-18(11-12-21(26,15-27)16-28)9-10-20(19)29-13-5-4-8-17-6-2-1-3-7-17/h9-10,14,17,27-28H,1-8,11-13,15-16,26H2. The van der Waals surface area contributed by atoms with Crippen LogP contribution in [-0.2, 0) is 12.6 Å². The molecule has 1 fully saturated rings. The van der Waals surface area contributed by atoms with Gasteiger partial charge in [0, 0.05) is 0 Å². The third-order valence-electron chi connectivity index (χ3n) is 5.88. The van der Waals surface area contributed by atoms with Crippen molar-refractivity contribution >= 4 is 0 Å². The molecule has 0 bridgehead atoms. The zero-order valence-corrected chi connectivity index (χ0v) is 17.0. The number of aliphatic hydroxyl groups is 2. The van der Waals surface area contributed by atoms with Crippen LogP contribution in [0, 0.1) is 5.92 Å². The van der Waals surface area contributed by atoms with Crippen LogP contribution in [0.15, 0.2) is 18.2 Å². The maximum Gasteiger partial charge on any atom is 0.419 e. The summed E-state index contributed by atoms with van der Waals surface area (Å²) in [6, 6.07) is 4.02. The van der Waals surface area contributed by atoms with Gasteiger partial charge in [0.2, 0.25) is 0 Å². The molecule has 4 N–H and O–H groups in total. The predicted octanol–water partition coefficient (Wildman–Crippen LogP) is 4.45. The molecule has 0 aliphatic heterocycles. The van der Waals surface area contributed by atoms with Gasteiger partial charge in [-0.25, -0.2) is 0 Å². The number of unbranched alkanes of at least 4 members (excludes halogenated alkanes) is 1. The molecule has 1 aliphatic carbocycles. The number of aryl methyl sites for hydroxylation is 1. The molecule has 0 heterocycles. The first-order valence-corrected chi connectivity index (χ1v) is 10.6. The lowest BCUT2D eigenvalue weighted by molar-refractivity contribution is -0.139. The number of hydrogen-bond donors (Lipinski definition) is 3. The van der Waals surface area contributed by atoms with Crippen LogP contribution < -0.4 is 10.5 Å². The van der Waals surface area contributed by atoms with Gasteiger partial charge in [-0.2, -0.15) is 13.2 Å². The molecule has 0 aromatic heterocycles. The van der Waals surface area contributed by atoms with Gasteiger partial charge in [0.1, 0.15) is 5.75 Å². The van der Waals surface area contributed by atoms with Crippen molar-refractivity contribution in [2.75, 3.05) is 19.8 Å². The minimum absolute atomic E-state index is 0.151. The highest BCUT2D eigenvalue weighted by molar-refractivity contribution is 5.39. The maximum absolute atomic E-state index is 13.5. The third-order valence-corrected chi connectivity index (χ3v) is 5.88. The molecule has 0 radical (unpaired) electrons. The van der Waals surface area contributed by atoms with E-state index in [0.717, 1.165) is 31.2 Å². The lowest BCUT2D eigenvalue weighted by Crippen LogP contribution is -2.47. The van der Waals surface area contributed by atoms with E-state index < -0.39 is 30.5 Å². The van der Waals surface area contributed by atoms with Gasteiger partial charge in [0.15, 0.2) is 0 Å². The van der Waals surface area contributed by atoms with Crippen LogP contribution in [0.25, 0.3) is 0 Å². The van der Waals surface area contributed by atoms with Gasteiger partial charge in [-0.1, -0.05) is 44.6 Å². The number of benzene rings is 1. The topological polar surface area (TPSA) is 75.7 Å². The van der Waals surface area contributed by atoms with Crippen molar-refractivity contribution in [1.82, 2.24) is 0 Å². The number of alkyl halides is 3. The van der Waals surface area contributed by atoms with Gasteiger partial charge in [-0.15, -0.1) is 0 Å². The van der Waals surface area contributed by atoms with Crippen molar-refractivity contribution in [1.29, 1.82) is 0 Å². The number of aliphatic hydroxyl groups excluding tert-OH is 2. The molecule has 2 rings (SSSR count). The van der Waals surface area contributed by atoms with Crippen LogP contribution >= 0.6 is 0 Å². The lowest BCUT2D eigenvalue weighted by atomic mass is 9.86. The predicted molar refractivity (Wildman–Crippen MR) is 107 cm³/mol. The Morgan fingerprint density at radius 2 is 1.72 bits per heavy atom. The maximum atomic E-state index is 13.5. The summed E-state index contributed by atoms with van der Waals surface area (Å²) in [7, 11) is 0. The van der Waals surface area contributed by atoms with Crippen LogP contribution in [-0.4, -0.2) is 35.6 Å². The van der Waals surface area contributed by atoms with E-state index in [9.17, 15) is 23.4 Å². The Bertz CT molecular complexity index is 612. The van der Waals surface area contributed by atoms with Gasteiger partial charge in [-0.05, 0) is 49.3 Å². The first kappa shape index (κ1) is 24.0. The summed E-state index contributed by atoms with van der Waals surface area (Å²) < 4.78 is 45.9. The second-order valence-corrected chi connectivity index (χ2v) is 8.36. The fraction of sp³-hybridized carbons (Fsp3) is 0.727. The van der Waals surface area contributed by atoms with Gasteiger partial charge in [0.25, 0.3) is 0 Å². The molecule has 0 unspecified atom stereocenters. The normalized spacial score (nSPS) is 16.2. The third kappa shape index (κ3) is 7.79. The number of rotatable bonds is 11. The van der Waals surface area contributed by atoms with Crippen LogP contribution in [0.2, 0.25) is 0 Å².